The molecule has 0 atom stereocenters. The highest BCUT2D eigenvalue weighted by molar-refractivity contribution is 5.25. The molecular weight excluding hydrogens is 202 g/mol. The molecule has 1 aliphatic rings. The third-order valence-electron chi connectivity index (χ3n) is 2.87. The van der Waals surface area contributed by atoms with Crippen LogP contribution in [0.3, 0.4) is 0 Å². The van der Waals surface area contributed by atoms with Crippen molar-refractivity contribution < 1.29 is 4.74 Å². The van der Waals surface area contributed by atoms with Gasteiger partial charge in [0.15, 0.2) is 0 Å². The summed E-state index contributed by atoms with van der Waals surface area (Å²) in [5.74, 6) is 0.750. The monoisotopic (exact) mass is 221 g/mol. The zero-order valence-electron chi connectivity index (χ0n) is 9.78. The minimum absolute atomic E-state index is 0.750. The fraction of sp³-hybridized carbons (Fsp3) is 0.583. The SMILES string of the molecule is COc1ncccc1CN1CCCNCC1. The van der Waals surface area contributed by atoms with Crippen LogP contribution in [0.25, 0.3) is 0 Å². The van der Waals surface area contributed by atoms with Gasteiger partial charge in [-0.1, -0.05) is 6.07 Å². The molecule has 4 nitrogen and oxygen atoms in total. The van der Waals surface area contributed by atoms with Crippen molar-refractivity contribution >= 4 is 0 Å². The Morgan fingerprint density at radius 3 is 3.25 bits per heavy atom. The number of ether oxygens (including phenoxy) is 1. The summed E-state index contributed by atoms with van der Waals surface area (Å²) >= 11 is 0. The summed E-state index contributed by atoms with van der Waals surface area (Å²) < 4.78 is 5.26. The fourth-order valence-corrected chi connectivity index (χ4v) is 2.03. The van der Waals surface area contributed by atoms with E-state index in [0.717, 1.165) is 38.6 Å². The maximum atomic E-state index is 5.26. The summed E-state index contributed by atoms with van der Waals surface area (Å²) in [6, 6.07) is 4.05. The van der Waals surface area contributed by atoms with Crippen LogP contribution >= 0.6 is 0 Å². The first-order valence-electron chi connectivity index (χ1n) is 5.81. The van der Waals surface area contributed by atoms with Crippen LogP contribution in [0.2, 0.25) is 0 Å². The number of hydrogen-bond acceptors (Lipinski definition) is 4. The van der Waals surface area contributed by atoms with Crippen molar-refractivity contribution in [2.75, 3.05) is 33.3 Å². The number of aromatic nitrogens is 1. The highest BCUT2D eigenvalue weighted by Crippen LogP contribution is 2.16. The lowest BCUT2D eigenvalue weighted by Gasteiger charge is -2.20. The van der Waals surface area contributed by atoms with Crippen molar-refractivity contribution in [3.8, 4) is 5.88 Å². The molecule has 1 aromatic heterocycles. The lowest BCUT2D eigenvalue weighted by molar-refractivity contribution is 0.277. The molecule has 2 rings (SSSR count). The lowest BCUT2D eigenvalue weighted by atomic mass is 10.2. The summed E-state index contributed by atoms with van der Waals surface area (Å²) in [6.45, 7) is 5.37. The first kappa shape index (κ1) is 11.4. The Labute approximate surface area is 96.6 Å². The van der Waals surface area contributed by atoms with E-state index in [1.54, 1.807) is 13.3 Å². The van der Waals surface area contributed by atoms with Gasteiger partial charge in [0.05, 0.1) is 7.11 Å². The van der Waals surface area contributed by atoms with Gasteiger partial charge in [0.2, 0.25) is 5.88 Å². The fourth-order valence-electron chi connectivity index (χ4n) is 2.03. The van der Waals surface area contributed by atoms with Crippen molar-refractivity contribution in [3.05, 3.63) is 23.9 Å². The van der Waals surface area contributed by atoms with E-state index >= 15 is 0 Å². The van der Waals surface area contributed by atoms with Gasteiger partial charge < -0.3 is 10.1 Å². The van der Waals surface area contributed by atoms with E-state index in [9.17, 15) is 0 Å². The predicted molar refractivity (Wildman–Crippen MR) is 63.6 cm³/mol. The molecule has 16 heavy (non-hydrogen) atoms. The molecule has 1 N–H and O–H groups in total. The number of hydrogen-bond donors (Lipinski definition) is 1. The molecule has 0 aliphatic carbocycles. The third kappa shape index (κ3) is 2.93. The van der Waals surface area contributed by atoms with Crippen LogP contribution in [0.5, 0.6) is 5.88 Å². The molecule has 0 radical (unpaired) electrons. The van der Waals surface area contributed by atoms with Gasteiger partial charge in [-0.15, -0.1) is 0 Å². The second kappa shape index (κ2) is 5.82. The molecule has 0 spiro atoms. The molecule has 1 saturated heterocycles. The third-order valence-corrected chi connectivity index (χ3v) is 2.87. The number of methoxy groups -OCH3 is 1. The Bertz CT molecular complexity index is 322. The minimum Gasteiger partial charge on any atom is -0.481 e. The van der Waals surface area contributed by atoms with Gasteiger partial charge in [-0.3, -0.25) is 4.90 Å². The number of pyridine rings is 1. The zero-order chi connectivity index (χ0) is 11.2. The Kier molecular flexibility index (Phi) is 4.13. The quantitative estimate of drug-likeness (QED) is 0.822. The van der Waals surface area contributed by atoms with Gasteiger partial charge in [-0.2, -0.15) is 0 Å². The second-order valence-electron chi connectivity index (χ2n) is 4.05. The summed E-state index contributed by atoms with van der Waals surface area (Å²) in [4.78, 5) is 6.67. The molecule has 1 aliphatic heterocycles. The predicted octanol–water partition coefficient (Wildman–Crippen LogP) is 0.885. The van der Waals surface area contributed by atoms with Crippen LogP contribution in [0.4, 0.5) is 0 Å². The van der Waals surface area contributed by atoms with Crippen LogP contribution in [-0.2, 0) is 6.54 Å². The smallest absolute Gasteiger partial charge is 0.217 e. The Morgan fingerprint density at radius 1 is 1.44 bits per heavy atom. The highest BCUT2D eigenvalue weighted by atomic mass is 16.5. The second-order valence-corrected chi connectivity index (χ2v) is 4.05. The van der Waals surface area contributed by atoms with Crippen molar-refractivity contribution in [2.45, 2.75) is 13.0 Å². The largest absolute Gasteiger partial charge is 0.481 e. The Hall–Kier alpha value is -1.13. The first-order chi connectivity index (χ1) is 7.90. The molecule has 0 bridgehead atoms. The number of rotatable bonds is 3. The van der Waals surface area contributed by atoms with Gasteiger partial charge in [-0.25, -0.2) is 4.98 Å². The molecular formula is C12H19N3O. The van der Waals surface area contributed by atoms with Crippen molar-refractivity contribution in [1.82, 2.24) is 15.2 Å². The van der Waals surface area contributed by atoms with E-state index in [-0.39, 0.29) is 0 Å². The summed E-state index contributed by atoms with van der Waals surface area (Å²) in [5, 5.41) is 3.40. The average Bonchev–Trinajstić information content (AvgIpc) is 2.58. The van der Waals surface area contributed by atoms with Crippen LogP contribution in [0.1, 0.15) is 12.0 Å². The Morgan fingerprint density at radius 2 is 2.38 bits per heavy atom. The van der Waals surface area contributed by atoms with E-state index < -0.39 is 0 Å². The van der Waals surface area contributed by atoms with Crippen LogP contribution in [0.15, 0.2) is 18.3 Å². The zero-order valence-corrected chi connectivity index (χ0v) is 9.78. The molecule has 4 heteroatoms. The lowest BCUT2D eigenvalue weighted by Crippen LogP contribution is -2.27. The highest BCUT2D eigenvalue weighted by Gasteiger charge is 2.11. The molecule has 2 heterocycles. The molecule has 0 unspecified atom stereocenters. The summed E-state index contributed by atoms with van der Waals surface area (Å²) in [5.41, 5.74) is 1.17. The maximum absolute atomic E-state index is 5.26. The Balaban J connectivity index is 2.01. The van der Waals surface area contributed by atoms with E-state index in [1.165, 1.54) is 12.0 Å². The van der Waals surface area contributed by atoms with Crippen LogP contribution in [-0.4, -0.2) is 43.2 Å². The average molecular weight is 221 g/mol. The van der Waals surface area contributed by atoms with Crippen molar-refractivity contribution in [2.24, 2.45) is 0 Å². The molecule has 0 saturated carbocycles. The van der Waals surface area contributed by atoms with E-state index in [1.807, 2.05) is 6.07 Å². The number of nitrogens with one attached hydrogen (secondary N) is 1. The van der Waals surface area contributed by atoms with Crippen molar-refractivity contribution in [1.29, 1.82) is 0 Å². The minimum atomic E-state index is 0.750. The first-order valence-corrected chi connectivity index (χ1v) is 5.81. The normalized spacial score (nSPS) is 18.1. The topological polar surface area (TPSA) is 37.4 Å². The molecule has 0 aromatic carbocycles. The van der Waals surface area contributed by atoms with Crippen LogP contribution < -0.4 is 10.1 Å². The summed E-state index contributed by atoms with van der Waals surface area (Å²) in [7, 11) is 1.68. The molecule has 1 fully saturated rings. The van der Waals surface area contributed by atoms with E-state index in [2.05, 4.69) is 21.3 Å². The maximum Gasteiger partial charge on any atom is 0.217 e. The van der Waals surface area contributed by atoms with Gasteiger partial charge in [0.1, 0.15) is 0 Å². The molecule has 1 aromatic rings. The molecule has 0 amide bonds. The van der Waals surface area contributed by atoms with E-state index in [4.69, 9.17) is 4.74 Å². The van der Waals surface area contributed by atoms with Gasteiger partial charge in [0.25, 0.3) is 0 Å². The van der Waals surface area contributed by atoms with Gasteiger partial charge >= 0.3 is 0 Å². The number of nitrogens with zero attached hydrogens (tertiary/aromatic N) is 2. The standard InChI is InChI=1S/C12H19N3O/c1-16-12-11(4-2-6-14-12)10-15-8-3-5-13-7-9-15/h2,4,6,13H,3,5,7-10H2,1H3. The van der Waals surface area contributed by atoms with Crippen LogP contribution in [0, 0.1) is 0 Å². The van der Waals surface area contributed by atoms with E-state index in [0.29, 0.717) is 0 Å². The van der Waals surface area contributed by atoms with Crippen molar-refractivity contribution in [3.63, 3.8) is 0 Å². The summed E-state index contributed by atoms with van der Waals surface area (Å²) in [6.07, 6.45) is 2.98. The van der Waals surface area contributed by atoms with Gasteiger partial charge in [0, 0.05) is 31.4 Å². The van der Waals surface area contributed by atoms with Gasteiger partial charge in [-0.05, 0) is 25.6 Å². The molecule has 88 valence electrons.